The molecule has 1 aromatic rings. The van der Waals surface area contributed by atoms with Crippen LogP contribution in [0.1, 0.15) is 32.3 Å². The molecule has 2 N–H and O–H groups in total. The van der Waals surface area contributed by atoms with Crippen LogP contribution >= 0.6 is 35.7 Å². The lowest BCUT2D eigenvalue weighted by molar-refractivity contribution is 0.353. The molecule has 0 aliphatic carbocycles. The van der Waals surface area contributed by atoms with Gasteiger partial charge in [0.25, 0.3) is 0 Å². The molecule has 0 bridgehead atoms. The second-order valence-corrected chi connectivity index (χ2v) is 8.09. The van der Waals surface area contributed by atoms with E-state index in [-0.39, 0.29) is 29.4 Å². The predicted octanol–water partition coefficient (Wildman–Crippen LogP) is 3.66. The Kier molecular flexibility index (Phi) is 9.92. The summed E-state index contributed by atoms with van der Waals surface area (Å²) in [6, 6.07) is 6.61. The average Bonchev–Trinajstić information content (AvgIpc) is 2.65. The second-order valence-electron chi connectivity index (χ2n) is 6.94. The number of thioether (sulfide) groups is 1. The average molecular weight is 493 g/mol. The molecule has 1 saturated heterocycles. The van der Waals surface area contributed by atoms with Crippen LogP contribution in [0.25, 0.3) is 0 Å². The van der Waals surface area contributed by atoms with E-state index in [9.17, 15) is 0 Å². The van der Waals surface area contributed by atoms with E-state index >= 15 is 0 Å². The van der Waals surface area contributed by atoms with Gasteiger partial charge in [-0.3, -0.25) is 4.99 Å². The monoisotopic (exact) mass is 493 g/mol. The van der Waals surface area contributed by atoms with Crippen molar-refractivity contribution < 1.29 is 9.47 Å². The highest BCUT2D eigenvalue weighted by molar-refractivity contribution is 14.0. The third-order valence-electron chi connectivity index (χ3n) is 4.59. The molecule has 26 heavy (non-hydrogen) atoms. The van der Waals surface area contributed by atoms with Gasteiger partial charge in [-0.25, -0.2) is 0 Å². The summed E-state index contributed by atoms with van der Waals surface area (Å²) in [5.41, 5.74) is 1.12. The van der Waals surface area contributed by atoms with Gasteiger partial charge in [-0.05, 0) is 36.3 Å². The highest BCUT2D eigenvalue weighted by atomic mass is 127. The quantitative estimate of drug-likeness (QED) is 0.360. The van der Waals surface area contributed by atoms with Crippen LogP contribution in [-0.4, -0.2) is 51.3 Å². The summed E-state index contributed by atoms with van der Waals surface area (Å²) in [6.45, 7) is 5.21. The van der Waals surface area contributed by atoms with Crippen molar-refractivity contribution in [2.24, 2.45) is 4.99 Å². The Hall–Kier alpha value is -0.830. The number of methoxy groups -OCH3 is 2. The lowest BCUT2D eigenvalue weighted by atomic mass is 9.84. The number of hydrogen-bond acceptors (Lipinski definition) is 4. The van der Waals surface area contributed by atoms with E-state index in [0.717, 1.165) is 29.8 Å². The van der Waals surface area contributed by atoms with Gasteiger partial charge in [0.2, 0.25) is 0 Å². The van der Waals surface area contributed by atoms with Crippen molar-refractivity contribution >= 4 is 41.7 Å². The summed E-state index contributed by atoms with van der Waals surface area (Å²) < 4.78 is 10.8. The number of ether oxygens (including phenoxy) is 2. The van der Waals surface area contributed by atoms with Gasteiger partial charge in [-0.15, -0.1) is 24.0 Å². The zero-order valence-electron chi connectivity index (χ0n) is 16.4. The molecule has 1 fully saturated rings. The smallest absolute Gasteiger partial charge is 0.191 e. The molecule has 1 unspecified atom stereocenters. The molecule has 0 saturated carbocycles. The molecule has 5 nitrogen and oxygen atoms in total. The van der Waals surface area contributed by atoms with E-state index in [2.05, 4.69) is 41.6 Å². The molecule has 1 aliphatic rings. The number of nitrogens with one attached hydrogen (secondary N) is 2. The van der Waals surface area contributed by atoms with Crippen molar-refractivity contribution in [1.29, 1.82) is 0 Å². The maximum Gasteiger partial charge on any atom is 0.191 e. The number of rotatable bonds is 6. The van der Waals surface area contributed by atoms with Gasteiger partial charge in [0, 0.05) is 30.8 Å². The van der Waals surface area contributed by atoms with Crippen molar-refractivity contribution in [1.82, 2.24) is 10.6 Å². The Morgan fingerprint density at radius 2 is 2.00 bits per heavy atom. The molecule has 148 valence electrons. The Morgan fingerprint density at radius 3 is 2.58 bits per heavy atom. The molecule has 1 atom stereocenters. The van der Waals surface area contributed by atoms with E-state index in [1.165, 1.54) is 24.2 Å². The van der Waals surface area contributed by atoms with Gasteiger partial charge in [0.1, 0.15) is 0 Å². The van der Waals surface area contributed by atoms with Crippen LogP contribution in [0.5, 0.6) is 11.5 Å². The molecular formula is C19H32IN3O2S. The summed E-state index contributed by atoms with van der Waals surface area (Å²) in [5, 5.41) is 7.02. The minimum atomic E-state index is -0.0709. The van der Waals surface area contributed by atoms with E-state index in [0.29, 0.717) is 6.04 Å². The van der Waals surface area contributed by atoms with E-state index in [1.54, 1.807) is 14.2 Å². The third-order valence-corrected chi connectivity index (χ3v) is 5.80. The topological polar surface area (TPSA) is 54.9 Å². The van der Waals surface area contributed by atoms with Crippen molar-refractivity contribution in [2.45, 2.75) is 38.1 Å². The molecule has 2 rings (SSSR count). The highest BCUT2D eigenvalue weighted by Crippen LogP contribution is 2.32. The number of guanidine groups is 1. The molecule has 1 aliphatic heterocycles. The lowest BCUT2D eigenvalue weighted by Gasteiger charge is -2.29. The normalized spacial score (nSPS) is 17.9. The zero-order chi connectivity index (χ0) is 18.3. The van der Waals surface area contributed by atoms with Gasteiger partial charge in [0.15, 0.2) is 17.5 Å². The molecule has 0 radical (unpaired) electrons. The first kappa shape index (κ1) is 23.2. The SMILES string of the molecule is CN=C(NCC(C)(C)c1ccc(OC)c(OC)c1)NC1CCCSC1.I. The third kappa shape index (κ3) is 6.40. The molecule has 0 aromatic heterocycles. The molecule has 7 heteroatoms. The van der Waals surface area contributed by atoms with Crippen LogP contribution in [0.2, 0.25) is 0 Å². The van der Waals surface area contributed by atoms with E-state index in [1.807, 2.05) is 24.9 Å². The van der Waals surface area contributed by atoms with Gasteiger partial charge in [0.05, 0.1) is 14.2 Å². The standard InChI is InChI=1S/C19H31N3O2S.HI/c1-19(2,14-8-9-16(23-4)17(11-14)24-5)13-21-18(20-3)22-15-7-6-10-25-12-15;/h8-9,11,15H,6-7,10,12-13H2,1-5H3,(H2,20,21,22);1H. The number of aliphatic imine (C=N–C) groups is 1. The van der Waals surface area contributed by atoms with Crippen molar-refractivity contribution in [2.75, 3.05) is 39.3 Å². The van der Waals surface area contributed by atoms with Crippen LogP contribution in [0, 0.1) is 0 Å². The molecule has 1 aromatic carbocycles. The maximum atomic E-state index is 5.44. The number of halogens is 1. The molecule has 1 heterocycles. The summed E-state index contributed by atoms with van der Waals surface area (Å²) in [4.78, 5) is 4.38. The summed E-state index contributed by atoms with van der Waals surface area (Å²) >= 11 is 2.01. The summed E-state index contributed by atoms with van der Waals surface area (Å²) in [6.07, 6.45) is 2.49. The minimum absolute atomic E-state index is 0. The van der Waals surface area contributed by atoms with E-state index in [4.69, 9.17) is 9.47 Å². The van der Waals surface area contributed by atoms with Gasteiger partial charge in [-0.2, -0.15) is 11.8 Å². The fourth-order valence-electron chi connectivity index (χ4n) is 2.91. The Morgan fingerprint density at radius 1 is 1.27 bits per heavy atom. The first-order valence-electron chi connectivity index (χ1n) is 8.77. The zero-order valence-corrected chi connectivity index (χ0v) is 19.6. The first-order chi connectivity index (χ1) is 12.0. The van der Waals surface area contributed by atoms with Crippen LogP contribution in [0.15, 0.2) is 23.2 Å². The summed E-state index contributed by atoms with van der Waals surface area (Å²) in [5.74, 6) is 4.81. The minimum Gasteiger partial charge on any atom is -0.493 e. The Balaban J connectivity index is 0.00000338. The summed E-state index contributed by atoms with van der Waals surface area (Å²) in [7, 11) is 5.15. The highest BCUT2D eigenvalue weighted by Gasteiger charge is 2.23. The van der Waals surface area contributed by atoms with Crippen LogP contribution in [-0.2, 0) is 5.41 Å². The molecular weight excluding hydrogens is 461 g/mol. The molecule has 0 amide bonds. The van der Waals surface area contributed by atoms with Gasteiger partial charge >= 0.3 is 0 Å². The first-order valence-corrected chi connectivity index (χ1v) is 9.93. The fourth-order valence-corrected chi connectivity index (χ4v) is 3.98. The van der Waals surface area contributed by atoms with Crippen LogP contribution < -0.4 is 20.1 Å². The Bertz CT molecular complexity index is 590. The lowest BCUT2D eigenvalue weighted by Crippen LogP contribution is -2.48. The van der Waals surface area contributed by atoms with Crippen LogP contribution in [0.4, 0.5) is 0 Å². The van der Waals surface area contributed by atoms with Crippen molar-refractivity contribution in [3.05, 3.63) is 23.8 Å². The Labute approximate surface area is 179 Å². The van der Waals surface area contributed by atoms with Crippen LogP contribution in [0.3, 0.4) is 0 Å². The predicted molar refractivity (Wildman–Crippen MR) is 123 cm³/mol. The number of benzene rings is 1. The number of nitrogens with zero attached hydrogens (tertiary/aromatic N) is 1. The largest absolute Gasteiger partial charge is 0.493 e. The van der Waals surface area contributed by atoms with Gasteiger partial charge < -0.3 is 20.1 Å². The maximum absolute atomic E-state index is 5.44. The number of hydrogen-bond donors (Lipinski definition) is 2. The van der Waals surface area contributed by atoms with E-state index < -0.39 is 0 Å². The molecule has 0 spiro atoms. The second kappa shape index (κ2) is 11.1. The van der Waals surface area contributed by atoms with Crippen molar-refractivity contribution in [3.8, 4) is 11.5 Å². The van der Waals surface area contributed by atoms with Crippen molar-refractivity contribution in [3.63, 3.8) is 0 Å². The van der Waals surface area contributed by atoms with Gasteiger partial charge in [-0.1, -0.05) is 19.9 Å². The fraction of sp³-hybridized carbons (Fsp3) is 0.632.